The fourth-order valence-corrected chi connectivity index (χ4v) is 2.41. The van der Waals surface area contributed by atoms with Gasteiger partial charge in [0.05, 0.1) is 24.9 Å². The smallest absolute Gasteiger partial charge is 0.330 e. The molecular weight excluding hydrogens is 332 g/mol. The van der Waals surface area contributed by atoms with E-state index in [9.17, 15) is 19.5 Å². The molecule has 0 amide bonds. The SMILES string of the molecule is CCCCOC(=O)/C=C/c1cn([C@H]2C[C@@H](O)[C@@H](CO)O2)c(=O)[nH]c1=O. The number of unbranched alkanes of at least 4 members (excludes halogenated alkanes) is 1. The van der Waals surface area contributed by atoms with Crippen LogP contribution in [0, 0.1) is 0 Å². The number of ether oxygens (including phenoxy) is 2. The average Bonchev–Trinajstić information content (AvgIpc) is 2.95. The van der Waals surface area contributed by atoms with Crippen LogP contribution in [0.3, 0.4) is 0 Å². The monoisotopic (exact) mass is 354 g/mol. The van der Waals surface area contributed by atoms with Crippen LogP contribution in [0.5, 0.6) is 0 Å². The predicted octanol–water partition coefficient (Wildman–Crippen LogP) is -0.466. The van der Waals surface area contributed by atoms with Crippen molar-refractivity contribution >= 4 is 12.0 Å². The molecule has 3 atom stereocenters. The van der Waals surface area contributed by atoms with Crippen molar-refractivity contribution in [3.8, 4) is 0 Å². The Bertz CT molecular complexity index is 737. The zero-order valence-electron chi connectivity index (χ0n) is 13.9. The fraction of sp³-hybridized carbons (Fsp3) is 0.562. The second kappa shape index (κ2) is 8.75. The minimum Gasteiger partial charge on any atom is -0.463 e. The average molecular weight is 354 g/mol. The Morgan fingerprint density at radius 1 is 1.52 bits per heavy atom. The first-order valence-electron chi connectivity index (χ1n) is 8.11. The Morgan fingerprint density at radius 3 is 2.92 bits per heavy atom. The van der Waals surface area contributed by atoms with E-state index in [0.717, 1.165) is 23.5 Å². The van der Waals surface area contributed by atoms with Crippen molar-refractivity contribution in [1.82, 2.24) is 9.55 Å². The minimum atomic E-state index is -0.915. The quantitative estimate of drug-likeness (QED) is 0.343. The first kappa shape index (κ1) is 19.1. The van der Waals surface area contributed by atoms with Crippen LogP contribution in [0.4, 0.5) is 0 Å². The van der Waals surface area contributed by atoms with Crippen molar-refractivity contribution in [2.45, 2.75) is 44.6 Å². The third-order valence-corrected chi connectivity index (χ3v) is 3.83. The highest BCUT2D eigenvalue weighted by molar-refractivity contribution is 5.86. The number of hydrogen-bond acceptors (Lipinski definition) is 7. The van der Waals surface area contributed by atoms with E-state index >= 15 is 0 Å². The van der Waals surface area contributed by atoms with Crippen LogP contribution in [0.2, 0.25) is 0 Å². The summed E-state index contributed by atoms with van der Waals surface area (Å²) in [4.78, 5) is 37.5. The minimum absolute atomic E-state index is 0.0672. The van der Waals surface area contributed by atoms with Crippen LogP contribution in [0.15, 0.2) is 21.9 Å². The number of aliphatic hydroxyl groups excluding tert-OH is 2. The molecule has 9 nitrogen and oxygen atoms in total. The molecule has 9 heteroatoms. The Hall–Kier alpha value is -2.23. The summed E-state index contributed by atoms with van der Waals surface area (Å²) in [5.41, 5.74) is -1.29. The van der Waals surface area contributed by atoms with Crippen molar-refractivity contribution in [2.75, 3.05) is 13.2 Å². The van der Waals surface area contributed by atoms with Crippen molar-refractivity contribution in [1.29, 1.82) is 0 Å². The van der Waals surface area contributed by atoms with Gasteiger partial charge in [-0.15, -0.1) is 0 Å². The second-order valence-corrected chi connectivity index (χ2v) is 5.72. The van der Waals surface area contributed by atoms with Gasteiger partial charge in [-0.2, -0.15) is 0 Å². The van der Waals surface area contributed by atoms with E-state index in [4.69, 9.17) is 14.6 Å². The van der Waals surface area contributed by atoms with Gasteiger partial charge in [-0.3, -0.25) is 14.3 Å². The lowest BCUT2D eigenvalue weighted by atomic mass is 10.2. The van der Waals surface area contributed by atoms with Gasteiger partial charge >= 0.3 is 11.7 Å². The highest BCUT2D eigenvalue weighted by Crippen LogP contribution is 2.27. The number of carbonyl (C=O) groups excluding carboxylic acids is 1. The molecule has 0 unspecified atom stereocenters. The van der Waals surface area contributed by atoms with Crippen LogP contribution >= 0.6 is 0 Å². The van der Waals surface area contributed by atoms with Gasteiger partial charge in [0.25, 0.3) is 5.56 Å². The molecule has 1 saturated heterocycles. The predicted molar refractivity (Wildman–Crippen MR) is 87.8 cm³/mol. The molecule has 0 aliphatic carbocycles. The number of carbonyl (C=O) groups is 1. The topological polar surface area (TPSA) is 131 Å². The molecule has 1 aliphatic rings. The van der Waals surface area contributed by atoms with Gasteiger partial charge in [0.15, 0.2) is 0 Å². The molecule has 1 fully saturated rings. The molecule has 0 bridgehead atoms. The van der Waals surface area contributed by atoms with Crippen molar-refractivity contribution in [3.05, 3.63) is 38.7 Å². The molecule has 3 N–H and O–H groups in total. The van der Waals surface area contributed by atoms with Gasteiger partial charge in [-0.05, 0) is 12.5 Å². The Balaban J connectivity index is 2.17. The van der Waals surface area contributed by atoms with Gasteiger partial charge in [0.2, 0.25) is 0 Å². The van der Waals surface area contributed by atoms with Crippen molar-refractivity contribution < 1.29 is 24.5 Å². The highest BCUT2D eigenvalue weighted by Gasteiger charge is 2.35. The summed E-state index contributed by atoms with van der Waals surface area (Å²) in [7, 11) is 0. The summed E-state index contributed by atoms with van der Waals surface area (Å²) in [6.45, 7) is 1.88. The van der Waals surface area contributed by atoms with Crippen LogP contribution < -0.4 is 11.2 Å². The van der Waals surface area contributed by atoms with Gasteiger partial charge < -0.3 is 19.7 Å². The van der Waals surface area contributed by atoms with E-state index in [2.05, 4.69) is 4.98 Å². The van der Waals surface area contributed by atoms with Crippen molar-refractivity contribution in [3.63, 3.8) is 0 Å². The molecule has 2 heterocycles. The number of rotatable bonds is 7. The molecule has 25 heavy (non-hydrogen) atoms. The standard InChI is InChI=1S/C16H22N2O7/c1-2-3-6-24-14(21)5-4-10-8-18(16(23)17-15(10)22)13-7-11(20)12(9-19)25-13/h4-5,8,11-13,19-20H,2-3,6-7,9H2,1H3,(H,17,22,23)/b5-4+/t11-,12-,13-/m1/s1. The van der Waals surface area contributed by atoms with Gasteiger partial charge in [-0.25, -0.2) is 9.59 Å². The van der Waals surface area contributed by atoms with E-state index < -0.39 is 35.7 Å². The Labute approximate surface area is 143 Å². The van der Waals surface area contributed by atoms with Crippen LogP contribution in [-0.2, 0) is 14.3 Å². The van der Waals surface area contributed by atoms with Gasteiger partial charge in [0.1, 0.15) is 12.3 Å². The number of aromatic amines is 1. The summed E-state index contributed by atoms with van der Waals surface area (Å²) >= 11 is 0. The lowest BCUT2D eigenvalue weighted by molar-refractivity contribution is -0.137. The normalized spacial score (nSPS) is 23.2. The highest BCUT2D eigenvalue weighted by atomic mass is 16.5. The van der Waals surface area contributed by atoms with Crippen LogP contribution in [0.25, 0.3) is 6.08 Å². The molecule has 138 valence electrons. The maximum Gasteiger partial charge on any atom is 0.330 e. The summed E-state index contributed by atoms with van der Waals surface area (Å²) in [5.74, 6) is -0.585. The summed E-state index contributed by atoms with van der Waals surface area (Å²) in [6, 6.07) is 0. The number of aliphatic hydroxyl groups is 2. The molecule has 2 rings (SSSR count). The van der Waals surface area contributed by atoms with Crippen LogP contribution in [-0.4, -0.2) is 51.2 Å². The maximum atomic E-state index is 12.0. The first-order chi connectivity index (χ1) is 12.0. The molecule has 0 radical (unpaired) electrons. The molecular formula is C16H22N2O7. The molecule has 0 spiro atoms. The zero-order chi connectivity index (χ0) is 18.4. The Kier molecular flexibility index (Phi) is 6.68. The number of aromatic nitrogens is 2. The number of hydrogen-bond donors (Lipinski definition) is 3. The van der Waals surface area contributed by atoms with Gasteiger partial charge in [0, 0.05) is 18.7 Å². The zero-order valence-corrected chi connectivity index (χ0v) is 13.9. The van der Waals surface area contributed by atoms with Crippen molar-refractivity contribution in [2.24, 2.45) is 0 Å². The summed E-state index contributed by atoms with van der Waals surface area (Å²) in [5, 5.41) is 18.9. The van der Waals surface area contributed by atoms with Gasteiger partial charge in [-0.1, -0.05) is 13.3 Å². The molecule has 0 saturated carbocycles. The summed E-state index contributed by atoms with van der Waals surface area (Å²) < 4.78 is 11.5. The van der Waals surface area contributed by atoms with E-state index in [0.29, 0.717) is 6.61 Å². The molecule has 0 aromatic carbocycles. The number of nitrogens with zero attached hydrogens (tertiary/aromatic N) is 1. The second-order valence-electron chi connectivity index (χ2n) is 5.72. The summed E-state index contributed by atoms with van der Waals surface area (Å²) in [6.07, 6.45) is 2.81. The van der Waals surface area contributed by atoms with E-state index in [-0.39, 0.29) is 18.6 Å². The largest absolute Gasteiger partial charge is 0.463 e. The van der Waals surface area contributed by atoms with Crippen LogP contribution in [0.1, 0.15) is 38.0 Å². The molecule has 1 aromatic heterocycles. The van der Waals surface area contributed by atoms with E-state index in [1.165, 1.54) is 12.3 Å². The maximum absolute atomic E-state index is 12.0. The third kappa shape index (κ3) is 4.88. The van der Waals surface area contributed by atoms with E-state index in [1.807, 2.05) is 6.92 Å². The number of esters is 1. The Morgan fingerprint density at radius 2 is 2.28 bits per heavy atom. The number of H-pyrrole nitrogens is 1. The van der Waals surface area contributed by atoms with E-state index in [1.54, 1.807) is 0 Å². The fourth-order valence-electron chi connectivity index (χ4n) is 2.41. The molecule has 1 aliphatic heterocycles. The molecule has 1 aromatic rings. The lowest BCUT2D eigenvalue weighted by Gasteiger charge is -2.14. The lowest BCUT2D eigenvalue weighted by Crippen LogP contribution is -2.33. The first-order valence-corrected chi connectivity index (χ1v) is 8.11. The number of nitrogens with one attached hydrogen (secondary N) is 1. The third-order valence-electron chi connectivity index (χ3n) is 3.83.